The van der Waals surface area contributed by atoms with Crippen LogP contribution in [0.25, 0.3) is 11.1 Å². The van der Waals surface area contributed by atoms with Gasteiger partial charge in [-0.1, -0.05) is 55.2 Å². The molecule has 1 aliphatic rings. The molecule has 0 heterocycles. The molecule has 3 aromatic rings. The fraction of sp³-hybridized carbons (Fsp3) is 0.382. The highest BCUT2D eigenvalue weighted by Gasteiger charge is 2.32. The number of anilines is 2. The van der Waals surface area contributed by atoms with Gasteiger partial charge in [0, 0.05) is 5.69 Å². The Balaban J connectivity index is 1.65. The van der Waals surface area contributed by atoms with Crippen LogP contribution in [-0.2, 0) is 9.53 Å². The number of urea groups is 1. The fourth-order valence-electron chi connectivity index (χ4n) is 5.76. The molecule has 1 fully saturated rings. The summed E-state index contributed by atoms with van der Waals surface area (Å²) in [5, 5.41) is 8.76. The van der Waals surface area contributed by atoms with Gasteiger partial charge in [0.25, 0.3) is 5.91 Å². The molecule has 42 heavy (non-hydrogen) atoms. The van der Waals surface area contributed by atoms with Crippen molar-refractivity contribution >= 4 is 29.3 Å². The van der Waals surface area contributed by atoms with Crippen molar-refractivity contribution in [1.29, 1.82) is 0 Å². The van der Waals surface area contributed by atoms with Crippen molar-refractivity contribution in [3.63, 3.8) is 0 Å². The van der Waals surface area contributed by atoms with Crippen molar-refractivity contribution in [2.24, 2.45) is 5.92 Å². The molecule has 1 atom stereocenters. The molecule has 3 amide bonds. The highest BCUT2D eigenvalue weighted by atomic mass is 16.5. The summed E-state index contributed by atoms with van der Waals surface area (Å²) in [5.41, 5.74) is 5.99. The molecule has 0 unspecified atom stereocenters. The summed E-state index contributed by atoms with van der Waals surface area (Å²) in [4.78, 5) is 39.7. The van der Waals surface area contributed by atoms with Crippen molar-refractivity contribution in [3.8, 4) is 16.9 Å². The Bertz CT molecular complexity index is 1400. The van der Waals surface area contributed by atoms with Crippen molar-refractivity contribution < 1.29 is 23.9 Å². The number of methoxy groups -OCH3 is 1. The predicted octanol–water partition coefficient (Wildman–Crippen LogP) is 7.17. The maximum Gasteiger partial charge on any atom is 0.328 e. The van der Waals surface area contributed by atoms with Crippen LogP contribution in [0.2, 0.25) is 0 Å². The van der Waals surface area contributed by atoms with E-state index in [1.165, 1.54) is 7.11 Å². The molecule has 1 saturated carbocycles. The van der Waals surface area contributed by atoms with E-state index in [1.807, 2.05) is 70.2 Å². The molecule has 4 rings (SSSR count). The Kier molecular flexibility index (Phi) is 10.2. The van der Waals surface area contributed by atoms with E-state index in [2.05, 4.69) is 16.0 Å². The molecule has 222 valence electrons. The molecule has 0 aliphatic heterocycles. The number of carbonyl (C=O) groups is 3. The van der Waals surface area contributed by atoms with Gasteiger partial charge in [0.15, 0.2) is 0 Å². The molecule has 0 bridgehead atoms. The number of amides is 3. The lowest BCUT2D eigenvalue weighted by Crippen LogP contribution is -2.47. The number of carbonyl (C=O) groups excluding carboxylic acids is 3. The van der Waals surface area contributed by atoms with Crippen molar-refractivity contribution in [2.45, 2.75) is 65.8 Å². The number of rotatable bonds is 9. The first-order valence-corrected chi connectivity index (χ1v) is 14.6. The van der Waals surface area contributed by atoms with E-state index < -0.39 is 23.9 Å². The largest absolute Gasteiger partial charge is 0.494 e. The summed E-state index contributed by atoms with van der Waals surface area (Å²) in [6, 6.07) is 15.7. The van der Waals surface area contributed by atoms with Gasteiger partial charge in [-0.2, -0.15) is 0 Å². The van der Waals surface area contributed by atoms with Crippen LogP contribution in [0.4, 0.5) is 16.2 Å². The minimum atomic E-state index is -0.756. The second-order valence-electron chi connectivity index (χ2n) is 10.9. The molecule has 1 aliphatic carbocycles. The lowest BCUT2D eigenvalue weighted by atomic mass is 9.83. The van der Waals surface area contributed by atoms with Gasteiger partial charge in [0.1, 0.15) is 11.8 Å². The highest BCUT2D eigenvalue weighted by molar-refractivity contribution is 6.08. The van der Waals surface area contributed by atoms with Crippen molar-refractivity contribution in [1.82, 2.24) is 5.32 Å². The van der Waals surface area contributed by atoms with Gasteiger partial charge < -0.3 is 25.4 Å². The van der Waals surface area contributed by atoms with Gasteiger partial charge in [-0.25, -0.2) is 9.59 Å². The van der Waals surface area contributed by atoms with Crippen LogP contribution in [0, 0.1) is 26.7 Å². The Morgan fingerprint density at radius 3 is 2.12 bits per heavy atom. The van der Waals surface area contributed by atoms with Crippen LogP contribution in [0.5, 0.6) is 5.75 Å². The van der Waals surface area contributed by atoms with E-state index in [0.29, 0.717) is 12.3 Å². The number of hydrogen-bond acceptors (Lipinski definition) is 5. The highest BCUT2D eigenvalue weighted by Crippen LogP contribution is 2.30. The molecular weight excluding hydrogens is 530 g/mol. The summed E-state index contributed by atoms with van der Waals surface area (Å²) in [5.74, 6) is -0.146. The molecule has 0 spiro atoms. The fourth-order valence-corrected chi connectivity index (χ4v) is 5.76. The third kappa shape index (κ3) is 7.49. The van der Waals surface area contributed by atoms with Crippen LogP contribution in [0.3, 0.4) is 0 Å². The Hall–Kier alpha value is -4.33. The van der Waals surface area contributed by atoms with Gasteiger partial charge in [-0.3, -0.25) is 4.79 Å². The number of ether oxygens (including phenoxy) is 2. The first kappa shape index (κ1) is 30.6. The first-order chi connectivity index (χ1) is 20.2. The van der Waals surface area contributed by atoms with E-state index in [0.717, 1.165) is 71.4 Å². The molecule has 0 saturated heterocycles. The number of nitrogens with one attached hydrogen (secondary N) is 3. The summed E-state index contributed by atoms with van der Waals surface area (Å²) in [6.07, 6.45) is 4.83. The zero-order chi connectivity index (χ0) is 30.2. The van der Waals surface area contributed by atoms with Crippen LogP contribution in [-0.4, -0.2) is 37.7 Å². The SMILES string of the molecule is CCOc1ccc(-c2ccc(C(=O)N[C@H](C(=O)OC)C3CCCCC3)c(NC(=O)Nc3c(C)cc(C)cc3C)c2)cc1. The summed E-state index contributed by atoms with van der Waals surface area (Å²) in [7, 11) is 1.34. The normalized spacial score (nSPS) is 14.0. The van der Waals surface area contributed by atoms with Gasteiger partial charge in [0.2, 0.25) is 0 Å². The minimum Gasteiger partial charge on any atom is -0.494 e. The van der Waals surface area contributed by atoms with E-state index >= 15 is 0 Å². The van der Waals surface area contributed by atoms with E-state index in [9.17, 15) is 14.4 Å². The zero-order valence-electron chi connectivity index (χ0n) is 25.1. The molecule has 0 radical (unpaired) electrons. The molecule has 8 heteroatoms. The average molecular weight is 572 g/mol. The van der Waals surface area contributed by atoms with E-state index in [1.54, 1.807) is 12.1 Å². The molecule has 0 aromatic heterocycles. The van der Waals surface area contributed by atoms with Gasteiger partial charge >= 0.3 is 12.0 Å². The Morgan fingerprint density at radius 1 is 0.857 bits per heavy atom. The second kappa shape index (κ2) is 14.0. The molecule has 3 N–H and O–H groups in total. The average Bonchev–Trinajstić information content (AvgIpc) is 2.98. The van der Waals surface area contributed by atoms with Gasteiger partial charge in [-0.15, -0.1) is 0 Å². The first-order valence-electron chi connectivity index (χ1n) is 14.6. The lowest BCUT2D eigenvalue weighted by molar-refractivity contribution is -0.144. The third-order valence-corrected chi connectivity index (χ3v) is 7.79. The van der Waals surface area contributed by atoms with Crippen molar-refractivity contribution in [3.05, 3.63) is 76.9 Å². The second-order valence-corrected chi connectivity index (χ2v) is 10.9. The maximum absolute atomic E-state index is 13.7. The summed E-state index contributed by atoms with van der Waals surface area (Å²) < 4.78 is 10.6. The Labute approximate surface area is 248 Å². The minimum absolute atomic E-state index is 0.00507. The Morgan fingerprint density at radius 2 is 1.50 bits per heavy atom. The number of benzene rings is 3. The summed E-state index contributed by atoms with van der Waals surface area (Å²) >= 11 is 0. The topological polar surface area (TPSA) is 106 Å². The monoisotopic (exact) mass is 571 g/mol. The van der Waals surface area contributed by atoms with Crippen LogP contribution >= 0.6 is 0 Å². The van der Waals surface area contributed by atoms with E-state index in [4.69, 9.17) is 9.47 Å². The molecule has 3 aromatic carbocycles. The smallest absolute Gasteiger partial charge is 0.328 e. The maximum atomic E-state index is 13.7. The molecular formula is C34H41N3O5. The standard InChI is InChI=1S/C34H41N3O5/c1-6-42-27-15-12-24(13-16-27)26-14-17-28(32(38)36-31(33(39)41-5)25-10-8-7-9-11-25)29(20-26)35-34(40)37-30-22(3)18-21(2)19-23(30)4/h12-20,25,31H,6-11H2,1-5H3,(H,36,38)(H2,35,37,40)/t31-/m0/s1. The predicted molar refractivity (Wildman–Crippen MR) is 166 cm³/mol. The quantitative estimate of drug-likeness (QED) is 0.236. The summed E-state index contributed by atoms with van der Waals surface area (Å²) in [6.45, 7) is 8.40. The number of esters is 1. The van der Waals surface area contributed by atoms with Gasteiger partial charge in [-0.05, 0) is 93.0 Å². The van der Waals surface area contributed by atoms with Crippen LogP contribution in [0.1, 0.15) is 66.1 Å². The van der Waals surface area contributed by atoms with Gasteiger partial charge in [0.05, 0.1) is 25.0 Å². The van der Waals surface area contributed by atoms with Crippen LogP contribution < -0.4 is 20.7 Å². The lowest BCUT2D eigenvalue weighted by Gasteiger charge is -2.29. The number of aryl methyl sites for hydroxylation is 3. The zero-order valence-corrected chi connectivity index (χ0v) is 25.1. The van der Waals surface area contributed by atoms with Crippen molar-refractivity contribution in [2.75, 3.05) is 24.4 Å². The molecule has 8 nitrogen and oxygen atoms in total. The van der Waals surface area contributed by atoms with Crippen LogP contribution in [0.15, 0.2) is 54.6 Å². The number of hydrogen-bond donors (Lipinski definition) is 3. The van der Waals surface area contributed by atoms with E-state index in [-0.39, 0.29) is 11.5 Å². The third-order valence-electron chi connectivity index (χ3n) is 7.79.